The summed E-state index contributed by atoms with van der Waals surface area (Å²) in [7, 11) is 0. The maximum absolute atomic E-state index is 13.1. The normalized spacial score (nSPS) is 17.3. The quantitative estimate of drug-likeness (QED) is 0.499. The average Bonchev–Trinajstić information content (AvgIpc) is 3.55. The van der Waals surface area contributed by atoms with Crippen molar-refractivity contribution >= 4 is 34.7 Å². The number of ether oxygens (including phenoxy) is 1. The number of amides is 1. The van der Waals surface area contributed by atoms with Crippen LogP contribution in [-0.4, -0.2) is 52.9 Å². The minimum Gasteiger partial charge on any atom is -0.484 e. The molecular formula is C26H29ClN4O2S. The maximum atomic E-state index is 13.1. The smallest absolute Gasteiger partial charge is 0.253 e. The van der Waals surface area contributed by atoms with E-state index in [1.807, 2.05) is 47.4 Å². The molecule has 6 nitrogen and oxygen atoms in total. The van der Waals surface area contributed by atoms with Gasteiger partial charge in [-0.05, 0) is 74.7 Å². The van der Waals surface area contributed by atoms with E-state index >= 15 is 0 Å². The van der Waals surface area contributed by atoms with Crippen LogP contribution in [0.15, 0.2) is 48.7 Å². The number of anilines is 1. The van der Waals surface area contributed by atoms with Gasteiger partial charge in [-0.15, -0.1) is 11.3 Å². The first-order valence-corrected chi connectivity index (χ1v) is 13.0. The van der Waals surface area contributed by atoms with E-state index < -0.39 is 0 Å². The largest absolute Gasteiger partial charge is 0.484 e. The molecule has 0 aliphatic carbocycles. The third-order valence-corrected chi connectivity index (χ3v) is 7.96. The van der Waals surface area contributed by atoms with Gasteiger partial charge in [0, 0.05) is 41.3 Å². The van der Waals surface area contributed by atoms with E-state index in [9.17, 15) is 4.79 Å². The van der Waals surface area contributed by atoms with Crippen molar-refractivity contribution in [2.45, 2.75) is 38.3 Å². The summed E-state index contributed by atoms with van der Waals surface area (Å²) in [6.07, 6.45) is 6.49. The summed E-state index contributed by atoms with van der Waals surface area (Å²) >= 11 is 7.47. The molecule has 0 saturated carbocycles. The second kappa shape index (κ2) is 10.3. The van der Waals surface area contributed by atoms with Crippen LogP contribution < -0.4 is 10.5 Å². The number of nitrogen functional groups attached to an aromatic ring is 1. The van der Waals surface area contributed by atoms with Crippen molar-refractivity contribution in [1.29, 1.82) is 0 Å². The lowest BCUT2D eigenvalue weighted by Crippen LogP contribution is -2.45. The summed E-state index contributed by atoms with van der Waals surface area (Å²) in [5.41, 5.74) is 8.59. The zero-order valence-corrected chi connectivity index (χ0v) is 20.7. The monoisotopic (exact) mass is 496 g/mol. The van der Waals surface area contributed by atoms with Crippen LogP contribution in [0, 0.1) is 0 Å². The minimum absolute atomic E-state index is 0.112. The average molecular weight is 497 g/mol. The van der Waals surface area contributed by atoms with Gasteiger partial charge in [0.15, 0.2) is 11.6 Å². The molecule has 0 atom stereocenters. The molecule has 5 rings (SSSR count). The van der Waals surface area contributed by atoms with E-state index in [4.69, 9.17) is 22.1 Å². The van der Waals surface area contributed by atoms with Crippen LogP contribution in [0.3, 0.4) is 0 Å². The lowest BCUT2D eigenvalue weighted by molar-refractivity contribution is 0.0644. The Morgan fingerprint density at radius 3 is 2.47 bits per heavy atom. The lowest BCUT2D eigenvalue weighted by atomic mass is 10.0. The number of benzene rings is 1. The zero-order valence-electron chi connectivity index (χ0n) is 19.1. The SMILES string of the molecule is Nc1ncc(-c2ccc(C(=O)N3CCC(N4CCCC4)CC3)cc2)cc1OCc1ccc(Cl)s1. The number of hydrogen-bond acceptors (Lipinski definition) is 6. The standard InChI is InChI=1S/C26H29ClN4O2S/c27-24-8-7-22(34-24)17-33-23-15-20(16-29-25(23)28)18-3-5-19(6-4-18)26(32)31-13-9-21(10-14-31)30-11-1-2-12-30/h3-8,15-16,21H,1-2,9-14,17H2,(H2,28,29). The summed E-state index contributed by atoms with van der Waals surface area (Å²) in [4.78, 5) is 23.0. The Morgan fingerprint density at radius 1 is 1.06 bits per heavy atom. The van der Waals surface area contributed by atoms with Crippen molar-refractivity contribution in [3.05, 3.63) is 63.4 Å². The molecule has 0 unspecified atom stereocenters. The van der Waals surface area contributed by atoms with Gasteiger partial charge >= 0.3 is 0 Å². The van der Waals surface area contributed by atoms with Gasteiger partial charge in [0.05, 0.1) is 4.34 Å². The van der Waals surface area contributed by atoms with Crippen LogP contribution >= 0.6 is 22.9 Å². The Hall–Kier alpha value is -2.61. The van der Waals surface area contributed by atoms with Crippen LogP contribution in [0.2, 0.25) is 4.34 Å². The molecule has 1 amide bonds. The molecule has 4 heterocycles. The Kier molecular flexibility index (Phi) is 7.04. The molecule has 178 valence electrons. The number of carbonyl (C=O) groups excluding carboxylic acids is 1. The summed E-state index contributed by atoms with van der Waals surface area (Å²) in [6.45, 7) is 4.48. The summed E-state index contributed by atoms with van der Waals surface area (Å²) in [6, 6.07) is 14.0. The first-order valence-electron chi connectivity index (χ1n) is 11.8. The van der Waals surface area contributed by atoms with Crippen LogP contribution in [0.1, 0.15) is 40.9 Å². The van der Waals surface area contributed by atoms with Gasteiger partial charge < -0.3 is 20.3 Å². The molecule has 0 radical (unpaired) electrons. The van der Waals surface area contributed by atoms with Gasteiger partial charge in [-0.3, -0.25) is 4.79 Å². The number of likely N-dealkylation sites (tertiary alicyclic amines) is 2. The third kappa shape index (κ3) is 5.22. The van der Waals surface area contributed by atoms with Crippen LogP contribution in [0.5, 0.6) is 5.75 Å². The van der Waals surface area contributed by atoms with Gasteiger partial charge in [-0.25, -0.2) is 4.98 Å². The Morgan fingerprint density at radius 2 is 1.79 bits per heavy atom. The molecule has 2 aromatic heterocycles. The topological polar surface area (TPSA) is 71.7 Å². The fraction of sp³-hybridized carbons (Fsp3) is 0.385. The minimum atomic E-state index is 0.112. The number of thiophene rings is 1. The second-order valence-electron chi connectivity index (χ2n) is 8.95. The molecular weight excluding hydrogens is 468 g/mol. The number of piperidine rings is 1. The van der Waals surface area contributed by atoms with Crippen molar-refractivity contribution in [2.75, 3.05) is 31.9 Å². The van der Waals surface area contributed by atoms with Gasteiger partial charge in [0.1, 0.15) is 6.61 Å². The highest BCUT2D eigenvalue weighted by Gasteiger charge is 2.28. The number of halogens is 1. The van der Waals surface area contributed by atoms with Gasteiger partial charge in [-0.1, -0.05) is 23.7 Å². The van der Waals surface area contributed by atoms with Crippen molar-refractivity contribution in [3.8, 4) is 16.9 Å². The van der Waals surface area contributed by atoms with Crippen LogP contribution in [0.4, 0.5) is 5.82 Å². The highest BCUT2D eigenvalue weighted by molar-refractivity contribution is 7.16. The van der Waals surface area contributed by atoms with Crippen LogP contribution in [-0.2, 0) is 6.61 Å². The van der Waals surface area contributed by atoms with E-state index in [0.29, 0.717) is 24.2 Å². The molecule has 2 aliphatic rings. The molecule has 2 N–H and O–H groups in total. The van der Waals surface area contributed by atoms with Gasteiger partial charge in [0.2, 0.25) is 0 Å². The number of nitrogens with zero attached hydrogens (tertiary/aromatic N) is 3. The molecule has 34 heavy (non-hydrogen) atoms. The summed E-state index contributed by atoms with van der Waals surface area (Å²) in [5, 5.41) is 0. The Balaban J connectivity index is 1.22. The fourth-order valence-corrected chi connectivity index (χ4v) is 5.84. The molecule has 3 aromatic rings. The number of hydrogen-bond donors (Lipinski definition) is 1. The predicted molar refractivity (Wildman–Crippen MR) is 137 cm³/mol. The fourth-order valence-electron chi connectivity index (χ4n) is 4.84. The van der Waals surface area contributed by atoms with E-state index in [1.54, 1.807) is 6.20 Å². The van der Waals surface area contributed by atoms with E-state index in [0.717, 1.165) is 51.8 Å². The molecule has 8 heteroatoms. The zero-order chi connectivity index (χ0) is 23.5. The summed E-state index contributed by atoms with van der Waals surface area (Å²) in [5.74, 6) is 0.985. The van der Waals surface area contributed by atoms with Gasteiger partial charge in [-0.2, -0.15) is 0 Å². The third-order valence-electron chi connectivity index (χ3n) is 6.75. The van der Waals surface area contributed by atoms with Crippen molar-refractivity contribution in [1.82, 2.24) is 14.8 Å². The molecule has 2 aliphatic heterocycles. The van der Waals surface area contributed by atoms with Crippen molar-refractivity contribution in [2.24, 2.45) is 0 Å². The summed E-state index contributed by atoms with van der Waals surface area (Å²) < 4.78 is 6.61. The van der Waals surface area contributed by atoms with E-state index in [-0.39, 0.29) is 5.91 Å². The van der Waals surface area contributed by atoms with Gasteiger partial charge in [0.25, 0.3) is 5.91 Å². The Bertz CT molecular complexity index is 1140. The lowest BCUT2D eigenvalue weighted by Gasteiger charge is -2.36. The number of carbonyl (C=O) groups is 1. The second-order valence-corrected chi connectivity index (χ2v) is 10.7. The molecule has 2 saturated heterocycles. The first kappa shape index (κ1) is 23.1. The number of pyridine rings is 1. The molecule has 2 fully saturated rings. The highest BCUT2D eigenvalue weighted by Crippen LogP contribution is 2.30. The predicted octanol–water partition coefficient (Wildman–Crippen LogP) is 5.33. The van der Waals surface area contributed by atoms with E-state index in [2.05, 4.69) is 9.88 Å². The molecule has 1 aromatic carbocycles. The first-order chi connectivity index (χ1) is 16.6. The van der Waals surface area contributed by atoms with Crippen molar-refractivity contribution in [3.63, 3.8) is 0 Å². The number of nitrogens with two attached hydrogens (primary N) is 1. The number of aromatic nitrogens is 1. The number of rotatable bonds is 6. The molecule has 0 spiro atoms. The maximum Gasteiger partial charge on any atom is 0.253 e. The van der Waals surface area contributed by atoms with E-state index in [1.165, 1.54) is 37.3 Å². The highest BCUT2D eigenvalue weighted by atomic mass is 35.5. The van der Waals surface area contributed by atoms with Crippen LogP contribution in [0.25, 0.3) is 11.1 Å². The Labute approximate surface area is 209 Å². The van der Waals surface area contributed by atoms with Crippen molar-refractivity contribution < 1.29 is 9.53 Å². The molecule has 0 bridgehead atoms.